The number of aromatic amines is 1. The Morgan fingerprint density at radius 1 is 1.19 bits per heavy atom. The molecule has 0 aliphatic carbocycles. The number of nitrogens with zero attached hydrogens (tertiary/aromatic N) is 3. The molecule has 0 radical (unpaired) electrons. The van der Waals surface area contributed by atoms with Crippen molar-refractivity contribution in [1.82, 2.24) is 15.3 Å². The molecule has 2 rings (SSSR count). The van der Waals surface area contributed by atoms with E-state index >= 15 is 0 Å². The van der Waals surface area contributed by atoms with Crippen molar-refractivity contribution in [3.63, 3.8) is 0 Å². The minimum atomic E-state index is -2.33. The topological polar surface area (TPSA) is 172 Å². The smallest absolute Gasteiger partial charge is 0.344 e. The van der Waals surface area contributed by atoms with Gasteiger partial charge in [0.15, 0.2) is 0 Å². The molecule has 0 aliphatic rings. The predicted molar refractivity (Wildman–Crippen MR) is 105 cm³/mol. The zero-order valence-electron chi connectivity index (χ0n) is 17.0. The first-order chi connectivity index (χ1) is 14.7. The summed E-state index contributed by atoms with van der Waals surface area (Å²) in [6, 6.07) is 6.13. The molecule has 1 aromatic carbocycles. The van der Waals surface area contributed by atoms with Crippen LogP contribution in [0.2, 0.25) is 0 Å². The van der Waals surface area contributed by atoms with E-state index in [-0.39, 0.29) is 18.2 Å². The average Bonchev–Trinajstić information content (AvgIpc) is 3.18. The van der Waals surface area contributed by atoms with Crippen molar-refractivity contribution >= 4 is 35.5 Å². The van der Waals surface area contributed by atoms with E-state index in [2.05, 4.69) is 30.3 Å². The summed E-state index contributed by atoms with van der Waals surface area (Å²) in [5, 5.41) is 19.7. The number of aromatic nitrogens is 2. The maximum atomic E-state index is 12.3. The van der Waals surface area contributed by atoms with Crippen LogP contribution in [-0.4, -0.2) is 58.1 Å². The number of amides is 1. The maximum absolute atomic E-state index is 12.3. The van der Waals surface area contributed by atoms with Crippen LogP contribution in [0.4, 0.5) is 11.6 Å². The van der Waals surface area contributed by atoms with Gasteiger partial charge in [-0.05, 0) is 31.2 Å². The average molecular weight is 431 g/mol. The summed E-state index contributed by atoms with van der Waals surface area (Å²) < 4.78 is 9.46. The molecule has 164 valence electrons. The van der Waals surface area contributed by atoms with E-state index in [0.717, 1.165) is 6.92 Å². The third kappa shape index (κ3) is 5.72. The third-order valence-electron chi connectivity index (χ3n) is 4.00. The number of esters is 2. The Labute approximate surface area is 176 Å². The van der Waals surface area contributed by atoms with Gasteiger partial charge in [0, 0.05) is 19.0 Å². The molecule has 0 spiro atoms. The SMILES string of the molecule is CCOC(=O)C(Cc1cnc(N=Nc2ccc(C(=O)OC)cc2)[nH]1)(NC(C)=O)C(=O)O. The number of benzene rings is 1. The number of carboxylic acid groups (broad SMARTS) is 1. The number of carboxylic acids is 1. The monoisotopic (exact) mass is 431 g/mol. The van der Waals surface area contributed by atoms with Gasteiger partial charge in [-0.25, -0.2) is 19.4 Å². The Morgan fingerprint density at radius 2 is 1.87 bits per heavy atom. The number of nitrogens with one attached hydrogen (secondary N) is 2. The second-order valence-corrected chi connectivity index (χ2v) is 6.26. The van der Waals surface area contributed by atoms with E-state index in [1.807, 2.05) is 0 Å². The normalized spacial score (nSPS) is 12.7. The van der Waals surface area contributed by atoms with Crippen LogP contribution in [-0.2, 0) is 30.3 Å². The van der Waals surface area contributed by atoms with Gasteiger partial charge < -0.3 is 24.9 Å². The quantitative estimate of drug-likeness (QED) is 0.305. The molecule has 0 bridgehead atoms. The van der Waals surface area contributed by atoms with Gasteiger partial charge in [-0.1, -0.05) is 0 Å². The van der Waals surface area contributed by atoms with Crippen LogP contribution in [0, 0.1) is 0 Å². The van der Waals surface area contributed by atoms with E-state index in [1.54, 1.807) is 12.1 Å². The number of methoxy groups -OCH3 is 1. The van der Waals surface area contributed by atoms with Crippen LogP contribution >= 0.6 is 0 Å². The van der Waals surface area contributed by atoms with Crippen LogP contribution in [0.15, 0.2) is 40.7 Å². The second-order valence-electron chi connectivity index (χ2n) is 6.26. The summed E-state index contributed by atoms with van der Waals surface area (Å²) >= 11 is 0. The molecule has 12 heteroatoms. The molecule has 0 saturated carbocycles. The summed E-state index contributed by atoms with van der Waals surface area (Å²) in [4.78, 5) is 53.9. The summed E-state index contributed by atoms with van der Waals surface area (Å²) in [5.41, 5.74) is -1.34. The minimum absolute atomic E-state index is 0.0398. The summed E-state index contributed by atoms with van der Waals surface area (Å²) in [7, 11) is 1.28. The number of hydrogen-bond acceptors (Lipinski definition) is 9. The molecular weight excluding hydrogens is 410 g/mol. The molecule has 3 N–H and O–H groups in total. The van der Waals surface area contributed by atoms with Gasteiger partial charge in [0.05, 0.1) is 31.2 Å². The molecule has 1 amide bonds. The van der Waals surface area contributed by atoms with E-state index in [4.69, 9.17) is 4.74 Å². The third-order valence-corrected chi connectivity index (χ3v) is 4.00. The summed E-state index contributed by atoms with van der Waals surface area (Å²) in [6.07, 6.45) is 0.824. The lowest BCUT2D eigenvalue weighted by molar-refractivity contribution is -0.164. The molecule has 1 aromatic heterocycles. The number of carbonyl (C=O) groups excluding carboxylic acids is 3. The first-order valence-electron chi connectivity index (χ1n) is 9.05. The van der Waals surface area contributed by atoms with Gasteiger partial charge in [-0.15, -0.1) is 10.2 Å². The highest BCUT2D eigenvalue weighted by molar-refractivity contribution is 6.07. The predicted octanol–water partition coefficient (Wildman–Crippen LogP) is 1.68. The van der Waals surface area contributed by atoms with Crippen LogP contribution in [0.25, 0.3) is 0 Å². The highest BCUT2D eigenvalue weighted by Gasteiger charge is 2.49. The fourth-order valence-electron chi connectivity index (χ4n) is 2.60. The van der Waals surface area contributed by atoms with Crippen molar-refractivity contribution in [2.75, 3.05) is 13.7 Å². The van der Waals surface area contributed by atoms with Crippen molar-refractivity contribution in [3.05, 3.63) is 41.7 Å². The molecule has 1 unspecified atom stereocenters. The molecule has 1 atom stereocenters. The van der Waals surface area contributed by atoms with E-state index in [0.29, 0.717) is 11.3 Å². The lowest BCUT2D eigenvalue weighted by Gasteiger charge is -2.27. The number of imidazole rings is 1. The Morgan fingerprint density at radius 3 is 2.42 bits per heavy atom. The van der Waals surface area contributed by atoms with E-state index in [1.165, 1.54) is 32.4 Å². The van der Waals surface area contributed by atoms with Gasteiger partial charge in [0.2, 0.25) is 17.4 Å². The summed E-state index contributed by atoms with van der Waals surface area (Å²) in [6.45, 7) is 2.55. The van der Waals surface area contributed by atoms with Crippen molar-refractivity contribution < 1.29 is 33.8 Å². The van der Waals surface area contributed by atoms with Crippen LogP contribution in [0.3, 0.4) is 0 Å². The van der Waals surface area contributed by atoms with Crippen molar-refractivity contribution in [2.24, 2.45) is 10.2 Å². The molecule has 0 aliphatic heterocycles. The number of ether oxygens (including phenoxy) is 2. The first-order valence-corrected chi connectivity index (χ1v) is 9.05. The second kappa shape index (κ2) is 10.1. The first kappa shape index (κ1) is 23.2. The fraction of sp³-hybridized carbons (Fsp3) is 0.316. The maximum Gasteiger partial charge on any atom is 0.344 e. The largest absolute Gasteiger partial charge is 0.479 e. The van der Waals surface area contributed by atoms with Crippen molar-refractivity contribution in [1.29, 1.82) is 0 Å². The molecule has 12 nitrogen and oxygen atoms in total. The minimum Gasteiger partial charge on any atom is -0.479 e. The Balaban J connectivity index is 2.21. The molecule has 31 heavy (non-hydrogen) atoms. The molecule has 1 heterocycles. The lowest BCUT2D eigenvalue weighted by Crippen LogP contribution is -2.62. The molecule has 0 fully saturated rings. The van der Waals surface area contributed by atoms with Gasteiger partial charge in [0.1, 0.15) is 0 Å². The van der Waals surface area contributed by atoms with Crippen LogP contribution < -0.4 is 5.32 Å². The van der Waals surface area contributed by atoms with E-state index < -0.39 is 35.8 Å². The number of rotatable bonds is 9. The lowest BCUT2D eigenvalue weighted by atomic mass is 9.93. The van der Waals surface area contributed by atoms with Crippen LogP contribution in [0.1, 0.15) is 29.9 Å². The number of azo groups is 1. The number of aliphatic carboxylic acids is 1. The van der Waals surface area contributed by atoms with E-state index in [9.17, 15) is 24.3 Å². The van der Waals surface area contributed by atoms with Gasteiger partial charge in [0.25, 0.3) is 0 Å². The molecular formula is C19H21N5O7. The summed E-state index contributed by atoms with van der Waals surface area (Å²) in [5.74, 6) is -3.85. The number of carbonyl (C=O) groups is 4. The standard InChI is InChI=1S/C19H21N5O7/c1-4-31-17(29)19(16(27)28,22-11(2)25)9-14-10-20-18(21-14)24-23-13-7-5-12(6-8-13)15(26)30-3/h5-8,10H,4,9H2,1-3H3,(H,20,21)(H,22,25)(H,27,28). The van der Waals surface area contributed by atoms with Gasteiger partial charge in [-0.3, -0.25) is 4.79 Å². The Bertz CT molecular complexity index is 999. The van der Waals surface area contributed by atoms with Crippen molar-refractivity contribution in [3.8, 4) is 0 Å². The highest BCUT2D eigenvalue weighted by Crippen LogP contribution is 2.20. The Hall–Kier alpha value is -4.09. The van der Waals surface area contributed by atoms with Crippen LogP contribution in [0.5, 0.6) is 0 Å². The van der Waals surface area contributed by atoms with Gasteiger partial charge in [-0.2, -0.15) is 0 Å². The number of H-pyrrole nitrogens is 1. The van der Waals surface area contributed by atoms with Gasteiger partial charge >= 0.3 is 17.9 Å². The molecule has 2 aromatic rings. The Kier molecular flexibility index (Phi) is 7.55. The molecule has 0 saturated heterocycles. The zero-order chi connectivity index (χ0) is 23.0. The highest BCUT2D eigenvalue weighted by atomic mass is 16.5. The number of hydrogen-bond donors (Lipinski definition) is 3. The van der Waals surface area contributed by atoms with Crippen molar-refractivity contribution in [2.45, 2.75) is 25.8 Å². The zero-order valence-corrected chi connectivity index (χ0v) is 17.0. The fourth-order valence-corrected chi connectivity index (χ4v) is 2.60.